The summed E-state index contributed by atoms with van der Waals surface area (Å²) in [4.78, 5) is 2.91. The topological polar surface area (TPSA) is 59.1 Å². The Morgan fingerprint density at radius 3 is 2.60 bits per heavy atom. The largest absolute Gasteiger partial charge is 0.433 e. The van der Waals surface area contributed by atoms with Gasteiger partial charge < -0.3 is 0 Å². The standard InChI is InChI=1S/C11H13F3N2O2S2/c12-11(13,14)10-4-3-9(6-15-10)20(17,18)16-8-2-1-5-19-7-8/h3-4,6,8,16H,1-2,5,7H2. The lowest BCUT2D eigenvalue weighted by Gasteiger charge is -2.22. The van der Waals surface area contributed by atoms with E-state index in [1.54, 1.807) is 11.8 Å². The van der Waals surface area contributed by atoms with E-state index in [0.29, 0.717) is 11.8 Å². The maximum atomic E-state index is 12.4. The first kappa shape index (κ1) is 15.6. The molecule has 1 unspecified atom stereocenters. The number of hydrogen-bond acceptors (Lipinski definition) is 4. The molecule has 1 aromatic heterocycles. The lowest BCUT2D eigenvalue weighted by molar-refractivity contribution is -0.141. The Hall–Kier alpha value is -0.800. The summed E-state index contributed by atoms with van der Waals surface area (Å²) in [5, 5.41) is 0. The number of aromatic nitrogens is 1. The fourth-order valence-electron chi connectivity index (χ4n) is 1.83. The summed E-state index contributed by atoms with van der Waals surface area (Å²) in [7, 11) is -3.82. The molecule has 0 amide bonds. The molecule has 1 aliphatic rings. The van der Waals surface area contributed by atoms with Crippen molar-refractivity contribution in [3.8, 4) is 0 Å². The summed E-state index contributed by atoms with van der Waals surface area (Å²) in [6, 6.07) is 1.42. The molecular weight excluding hydrogens is 313 g/mol. The number of sulfonamides is 1. The Balaban J connectivity index is 2.13. The van der Waals surface area contributed by atoms with Gasteiger partial charge in [-0.05, 0) is 30.7 Å². The summed E-state index contributed by atoms with van der Waals surface area (Å²) in [5.74, 6) is 1.67. The Morgan fingerprint density at radius 2 is 2.10 bits per heavy atom. The van der Waals surface area contributed by atoms with Crippen molar-refractivity contribution >= 4 is 21.8 Å². The average Bonchev–Trinajstić information content (AvgIpc) is 2.38. The second kappa shape index (κ2) is 5.90. The molecule has 1 atom stereocenters. The van der Waals surface area contributed by atoms with Crippen LogP contribution in [-0.2, 0) is 16.2 Å². The van der Waals surface area contributed by atoms with E-state index in [1.807, 2.05) is 0 Å². The van der Waals surface area contributed by atoms with Crippen LogP contribution in [0.25, 0.3) is 0 Å². The first-order chi connectivity index (χ1) is 9.29. The van der Waals surface area contributed by atoms with E-state index < -0.39 is 21.9 Å². The maximum absolute atomic E-state index is 12.4. The molecule has 0 bridgehead atoms. The monoisotopic (exact) mass is 326 g/mol. The number of nitrogens with zero attached hydrogens (tertiary/aromatic N) is 1. The minimum absolute atomic E-state index is 0.180. The van der Waals surface area contributed by atoms with Crippen LogP contribution in [-0.4, -0.2) is 30.9 Å². The Bertz CT molecular complexity index is 552. The number of pyridine rings is 1. The number of halogens is 3. The number of nitrogens with one attached hydrogen (secondary N) is 1. The fourth-order valence-corrected chi connectivity index (χ4v) is 4.22. The molecule has 0 radical (unpaired) electrons. The van der Waals surface area contributed by atoms with Crippen molar-refractivity contribution in [1.29, 1.82) is 0 Å². The molecule has 20 heavy (non-hydrogen) atoms. The zero-order chi connectivity index (χ0) is 14.8. The first-order valence-corrected chi connectivity index (χ1v) is 8.56. The van der Waals surface area contributed by atoms with Crippen LogP contribution in [0.2, 0.25) is 0 Å². The van der Waals surface area contributed by atoms with Gasteiger partial charge in [-0.15, -0.1) is 0 Å². The lowest BCUT2D eigenvalue weighted by Crippen LogP contribution is -2.38. The van der Waals surface area contributed by atoms with E-state index in [9.17, 15) is 21.6 Å². The number of hydrogen-bond donors (Lipinski definition) is 1. The van der Waals surface area contributed by atoms with Crippen molar-refractivity contribution in [2.24, 2.45) is 0 Å². The van der Waals surface area contributed by atoms with Crippen LogP contribution >= 0.6 is 11.8 Å². The summed E-state index contributed by atoms with van der Waals surface area (Å²) in [5.41, 5.74) is -1.11. The third-order valence-corrected chi connectivity index (χ3v) is 5.54. The Labute approximate surface area is 119 Å². The van der Waals surface area contributed by atoms with Crippen LogP contribution in [0.5, 0.6) is 0 Å². The second-order valence-electron chi connectivity index (χ2n) is 4.41. The molecule has 0 aromatic carbocycles. The summed E-state index contributed by atoms with van der Waals surface area (Å²) >= 11 is 1.65. The molecule has 112 valence electrons. The molecule has 4 nitrogen and oxygen atoms in total. The molecule has 0 spiro atoms. The number of rotatable bonds is 3. The third kappa shape index (κ3) is 3.86. The number of alkyl halides is 3. The average molecular weight is 326 g/mol. The number of thioether (sulfide) groups is 1. The van der Waals surface area contributed by atoms with Crippen LogP contribution in [0.4, 0.5) is 13.2 Å². The van der Waals surface area contributed by atoms with Crippen LogP contribution < -0.4 is 4.72 Å². The van der Waals surface area contributed by atoms with Gasteiger partial charge in [0.05, 0.1) is 0 Å². The van der Waals surface area contributed by atoms with E-state index in [-0.39, 0.29) is 10.9 Å². The molecule has 1 aliphatic heterocycles. The van der Waals surface area contributed by atoms with Gasteiger partial charge in [-0.25, -0.2) is 13.1 Å². The molecule has 1 saturated heterocycles. The minimum Gasteiger partial charge on any atom is -0.250 e. The van der Waals surface area contributed by atoms with Crippen molar-refractivity contribution in [3.63, 3.8) is 0 Å². The van der Waals surface area contributed by atoms with Crippen molar-refractivity contribution < 1.29 is 21.6 Å². The van der Waals surface area contributed by atoms with Crippen LogP contribution in [0.3, 0.4) is 0 Å². The molecule has 2 heterocycles. The van der Waals surface area contributed by atoms with Gasteiger partial charge in [-0.3, -0.25) is 4.98 Å². The molecular formula is C11H13F3N2O2S2. The second-order valence-corrected chi connectivity index (χ2v) is 7.28. The predicted octanol–water partition coefficient (Wildman–Crippen LogP) is 2.27. The molecule has 0 aliphatic carbocycles. The van der Waals surface area contributed by atoms with E-state index >= 15 is 0 Å². The van der Waals surface area contributed by atoms with Crippen LogP contribution in [0.1, 0.15) is 18.5 Å². The summed E-state index contributed by atoms with van der Waals surface area (Å²) in [6.45, 7) is 0. The highest BCUT2D eigenvalue weighted by Crippen LogP contribution is 2.28. The van der Waals surface area contributed by atoms with E-state index in [0.717, 1.165) is 30.9 Å². The maximum Gasteiger partial charge on any atom is 0.433 e. The van der Waals surface area contributed by atoms with Gasteiger partial charge in [0, 0.05) is 18.0 Å². The van der Waals surface area contributed by atoms with Gasteiger partial charge in [0.1, 0.15) is 10.6 Å². The van der Waals surface area contributed by atoms with Crippen LogP contribution in [0.15, 0.2) is 23.2 Å². The smallest absolute Gasteiger partial charge is 0.250 e. The first-order valence-electron chi connectivity index (χ1n) is 5.92. The molecule has 0 saturated carbocycles. The van der Waals surface area contributed by atoms with Gasteiger partial charge >= 0.3 is 6.18 Å². The van der Waals surface area contributed by atoms with Crippen molar-refractivity contribution in [2.45, 2.75) is 30.0 Å². The normalized spacial score (nSPS) is 20.9. The van der Waals surface area contributed by atoms with Crippen molar-refractivity contribution in [1.82, 2.24) is 9.71 Å². The summed E-state index contributed by atoms with van der Waals surface area (Å²) < 4.78 is 63.6. The zero-order valence-electron chi connectivity index (χ0n) is 10.4. The van der Waals surface area contributed by atoms with Crippen LogP contribution in [0, 0.1) is 0 Å². The molecule has 1 fully saturated rings. The van der Waals surface area contributed by atoms with Gasteiger partial charge in [-0.2, -0.15) is 24.9 Å². The SMILES string of the molecule is O=S(=O)(NC1CCCSC1)c1ccc(C(F)(F)F)nc1. The molecule has 9 heteroatoms. The Morgan fingerprint density at radius 1 is 1.35 bits per heavy atom. The van der Waals surface area contributed by atoms with Gasteiger partial charge in [0.15, 0.2) is 0 Å². The molecule has 1 aromatic rings. The highest BCUT2D eigenvalue weighted by Gasteiger charge is 2.32. The third-order valence-electron chi connectivity index (χ3n) is 2.82. The molecule has 2 rings (SSSR count). The van der Waals surface area contributed by atoms with Gasteiger partial charge in [-0.1, -0.05) is 0 Å². The van der Waals surface area contributed by atoms with Crippen molar-refractivity contribution in [3.05, 3.63) is 24.0 Å². The quantitative estimate of drug-likeness (QED) is 0.926. The van der Waals surface area contributed by atoms with E-state index in [1.165, 1.54) is 0 Å². The van der Waals surface area contributed by atoms with E-state index in [2.05, 4.69) is 9.71 Å². The predicted molar refractivity (Wildman–Crippen MR) is 69.9 cm³/mol. The molecule has 1 N–H and O–H groups in total. The zero-order valence-corrected chi connectivity index (χ0v) is 12.0. The minimum atomic E-state index is -4.57. The van der Waals surface area contributed by atoms with Crippen molar-refractivity contribution in [2.75, 3.05) is 11.5 Å². The lowest BCUT2D eigenvalue weighted by atomic mass is 10.2. The highest BCUT2D eigenvalue weighted by molar-refractivity contribution is 7.99. The summed E-state index contributed by atoms with van der Waals surface area (Å²) in [6.07, 6.45) is -2.18. The Kier molecular flexibility index (Phi) is 4.60. The highest BCUT2D eigenvalue weighted by atomic mass is 32.2. The van der Waals surface area contributed by atoms with E-state index in [4.69, 9.17) is 0 Å². The van der Waals surface area contributed by atoms with Gasteiger partial charge in [0.2, 0.25) is 10.0 Å². The fraction of sp³-hybridized carbons (Fsp3) is 0.545. The van der Waals surface area contributed by atoms with Gasteiger partial charge in [0.25, 0.3) is 0 Å².